The van der Waals surface area contributed by atoms with E-state index in [4.69, 9.17) is 37.0 Å². The average molecular weight is 1470 g/mol. The number of phosphoric acid groups is 2. The van der Waals surface area contributed by atoms with Crippen LogP contribution in [-0.4, -0.2) is 96.7 Å². The molecular formula is C83H138O17P2. The van der Waals surface area contributed by atoms with E-state index in [0.717, 1.165) is 180 Å². The number of allylic oxidation sites excluding steroid dienone is 24. The van der Waals surface area contributed by atoms with Crippen LogP contribution < -0.4 is 0 Å². The molecule has 17 nitrogen and oxygen atoms in total. The molecule has 5 atom stereocenters. The first kappa shape index (κ1) is 96.9. The number of esters is 4. The summed E-state index contributed by atoms with van der Waals surface area (Å²) in [4.78, 5) is 72.9. The fourth-order valence-electron chi connectivity index (χ4n) is 9.96. The van der Waals surface area contributed by atoms with Gasteiger partial charge in [0, 0.05) is 25.7 Å². The first-order valence-electron chi connectivity index (χ1n) is 39.1. The summed E-state index contributed by atoms with van der Waals surface area (Å²) in [6.07, 6.45) is 84.1. The second-order valence-electron chi connectivity index (χ2n) is 25.5. The highest BCUT2D eigenvalue weighted by atomic mass is 31.2. The van der Waals surface area contributed by atoms with Gasteiger partial charge in [-0.05, 0) is 141 Å². The lowest BCUT2D eigenvalue weighted by Crippen LogP contribution is -2.30. The molecule has 0 spiro atoms. The van der Waals surface area contributed by atoms with Gasteiger partial charge in [-0.1, -0.05) is 276 Å². The van der Waals surface area contributed by atoms with Crippen molar-refractivity contribution in [2.24, 2.45) is 0 Å². The minimum absolute atomic E-state index is 0.0655. The highest BCUT2D eigenvalue weighted by Crippen LogP contribution is 2.45. The normalized spacial score (nSPS) is 14.7. The van der Waals surface area contributed by atoms with Gasteiger partial charge in [0.1, 0.15) is 19.3 Å². The van der Waals surface area contributed by atoms with E-state index in [1.165, 1.54) is 38.5 Å². The van der Waals surface area contributed by atoms with Crippen molar-refractivity contribution in [2.75, 3.05) is 39.6 Å². The molecular weight excluding hydrogens is 1330 g/mol. The summed E-state index contributed by atoms with van der Waals surface area (Å²) >= 11 is 0. The molecule has 582 valence electrons. The fourth-order valence-corrected chi connectivity index (χ4v) is 11.5. The van der Waals surface area contributed by atoms with Gasteiger partial charge in [-0.25, -0.2) is 9.13 Å². The molecule has 102 heavy (non-hydrogen) atoms. The van der Waals surface area contributed by atoms with Gasteiger partial charge in [-0.2, -0.15) is 0 Å². The minimum Gasteiger partial charge on any atom is -0.462 e. The van der Waals surface area contributed by atoms with E-state index >= 15 is 0 Å². The number of rotatable bonds is 72. The molecule has 19 heteroatoms. The van der Waals surface area contributed by atoms with Gasteiger partial charge >= 0.3 is 39.5 Å². The van der Waals surface area contributed by atoms with Crippen molar-refractivity contribution in [2.45, 2.75) is 316 Å². The van der Waals surface area contributed by atoms with Crippen molar-refractivity contribution in [3.8, 4) is 0 Å². The van der Waals surface area contributed by atoms with Gasteiger partial charge in [0.25, 0.3) is 0 Å². The van der Waals surface area contributed by atoms with E-state index in [2.05, 4.69) is 174 Å². The highest BCUT2D eigenvalue weighted by molar-refractivity contribution is 7.47. The lowest BCUT2D eigenvalue weighted by molar-refractivity contribution is -0.161. The van der Waals surface area contributed by atoms with Crippen LogP contribution in [0.3, 0.4) is 0 Å². The average Bonchev–Trinajstić information content (AvgIpc) is 0.926. The molecule has 5 unspecified atom stereocenters. The Balaban J connectivity index is 5.39. The van der Waals surface area contributed by atoms with E-state index in [9.17, 15) is 43.2 Å². The van der Waals surface area contributed by atoms with Gasteiger partial charge in [0.05, 0.1) is 26.4 Å². The van der Waals surface area contributed by atoms with Crippen molar-refractivity contribution >= 4 is 39.5 Å². The van der Waals surface area contributed by atoms with Crippen molar-refractivity contribution < 1.29 is 80.2 Å². The maximum absolute atomic E-state index is 13.1. The Bertz CT molecular complexity index is 2510. The zero-order chi connectivity index (χ0) is 74.6. The van der Waals surface area contributed by atoms with Crippen molar-refractivity contribution in [1.82, 2.24) is 0 Å². The van der Waals surface area contributed by atoms with Crippen LogP contribution in [0.4, 0.5) is 0 Å². The Morgan fingerprint density at radius 3 is 0.794 bits per heavy atom. The van der Waals surface area contributed by atoms with Crippen LogP contribution in [0.1, 0.15) is 297 Å². The van der Waals surface area contributed by atoms with Gasteiger partial charge < -0.3 is 33.8 Å². The molecule has 0 aliphatic carbocycles. The van der Waals surface area contributed by atoms with Crippen LogP contribution in [0.5, 0.6) is 0 Å². The minimum atomic E-state index is -4.99. The van der Waals surface area contributed by atoms with Gasteiger partial charge in [0.15, 0.2) is 12.2 Å². The zero-order valence-electron chi connectivity index (χ0n) is 63.5. The second-order valence-corrected chi connectivity index (χ2v) is 28.4. The number of ether oxygens (including phenoxy) is 4. The van der Waals surface area contributed by atoms with Crippen LogP contribution >= 0.6 is 15.6 Å². The topological polar surface area (TPSA) is 237 Å². The maximum atomic E-state index is 13.1. The summed E-state index contributed by atoms with van der Waals surface area (Å²) in [5, 5.41) is 10.6. The quantitative estimate of drug-likeness (QED) is 0.0169. The molecule has 0 rings (SSSR count). The molecule has 0 aliphatic heterocycles. The third kappa shape index (κ3) is 73.3. The number of phosphoric ester groups is 2. The summed E-state index contributed by atoms with van der Waals surface area (Å²) in [6, 6.07) is 0. The first-order valence-corrected chi connectivity index (χ1v) is 42.1. The van der Waals surface area contributed by atoms with Gasteiger partial charge in [-0.3, -0.25) is 37.3 Å². The summed E-state index contributed by atoms with van der Waals surface area (Å²) in [6.45, 7) is 4.44. The van der Waals surface area contributed by atoms with Crippen LogP contribution in [0.25, 0.3) is 0 Å². The summed E-state index contributed by atoms with van der Waals surface area (Å²) in [7, 11) is -9.98. The summed E-state index contributed by atoms with van der Waals surface area (Å²) in [5.74, 6) is -2.26. The molecule has 0 radical (unpaired) electrons. The molecule has 0 aliphatic rings. The van der Waals surface area contributed by atoms with Crippen LogP contribution in [0.15, 0.2) is 146 Å². The number of hydrogen-bond donors (Lipinski definition) is 3. The van der Waals surface area contributed by atoms with E-state index in [1.54, 1.807) is 0 Å². The standard InChI is InChI=1S/C83H138O17P2/c1-5-9-13-17-21-25-29-32-35-37-38-40-43-45-49-52-56-60-64-68-80(85)93-73-78(99-82(87)69-65-61-57-53-47-28-24-20-16-12-8-4)75-97-101(89,90)95-71-77(84)72-96-102(91,92)98-76-79(100-83(88)70-66-62-58-54-50-46-41-34-31-27-23-19-15-11-7-3)74-94-81(86)67-63-59-55-51-48-44-42-39-36-33-30-26-22-18-14-10-6-2/h9-11,13-15,21-23,25-27,32-36,38,40-42,44-45,49,77-79,84H,5-8,12,16-20,24,28-31,37,39,43,46-48,50-76H2,1-4H3,(H,89,90)(H,91,92)/b13-9-,14-10-,15-11-,25-21-,26-22-,27-23-,35-32-,36-33-,40-38-,41-34-,44-42-,49-45-. The van der Waals surface area contributed by atoms with Crippen molar-refractivity contribution in [3.05, 3.63) is 146 Å². The van der Waals surface area contributed by atoms with E-state index in [-0.39, 0.29) is 25.7 Å². The number of hydrogen-bond acceptors (Lipinski definition) is 15. The molecule has 0 amide bonds. The van der Waals surface area contributed by atoms with Gasteiger partial charge in [0.2, 0.25) is 0 Å². The smallest absolute Gasteiger partial charge is 0.462 e. The highest BCUT2D eigenvalue weighted by Gasteiger charge is 2.30. The SMILES string of the molecule is CC/C=C\C/C=C\C/C=C\C/C=C\C/C=C\CCCCCC(=O)OCC(COP(=O)(O)OCC(O)COP(=O)(O)OCC(COC(=O)CCCCCC/C=C\C/C=C\C/C=C\C/C=C\CC)OC(=O)CCCCCCC/C=C\C/C=C\C/C=C\CC)OC(=O)CCCCCCCCCCCCC. The molecule has 3 N–H and O–H groups in total. The molecule has 0 heterocycles. The fraction of sp³-hybridized carbons (Fsp3) is 0.663. The monoisotopic (exact) mass is 1470 g/mol. The number of aliphatic hydroxyl groups is 1. The number of unbranched alkanes of at least 4 members (excludes halogenated alkanes) is 22. The predicted octanol–water partition coefficient (Wildman–Crippen LogP) is 22.7. The molecule has 0 aromatic rings. The molecule has 0 fully saturated rings. The Hall–Kier alpha value is -5.06. The second kappa shape index (κ2) is 74.2. The van der Waals surface area contributed by atoms with Crippen LogP contribution in [0, 0.1) is 0 Å². The number of aliphatic hydroxyl groups excluding tert-OH is 1. The largest absolute Gasteiger partial charge is 0.472 e. The van der Waals surface area contributed by atoms with Crippen LogP contribution in [0.2, 0.25) is 0 Å². The predicted molar refractivity (Wildman–Crippen MR) is 417 cm³/mol. The Labute approximate surface area is 617 Å². The van der Waals surface area contributed by atoms with E-state index < -0.39 is 97.5 Å². The Morgan fingerprint density at radius 1 is 0.284 bits per heavy atom. The van der Waals surface area contributed by atoms with Crippen molar-refractivity contribution in [1.29, 1.82) is 0 Å². The van der Waals surface area contributed by atoms with E-state index in [1.807, 2.05) is 0 Å². The Morgan fingerprint density at radius 2 is 0.510 bits per heavy atom. The summed E-state index contributed by atoms with van der Waals surface area (Å²) in [5.41, 5.74) is 0. The number of carbonyl (C=O) groups excluding carboxylic acids is 4. The lowest BCUT2D eigenvalue weighted by atomic mass is 10.1. The van der Waals surface area contributed by atoms with Gasteiger partial charge in [-0.15, -0.1) is 0 Å². The third-order valence-corrected chi connectivity index (χ3v) is 17.7. The maximum Gasteiger partial charge on any atom is 0.472 e. The first-order chi connectivity index (χ1) is 49.7. The molecule has 0 bridgehead atoms. The van der Waals surface area contributed by atoms with Crippen LogP contribution in [-0.2, 0) is 65.4 Å². The number of carbonyl (C=O) groups is 4. The molecule has 0 aromatic heterocycles. The third-order valence-electron chi connectivity index (χ3n) is 15.8. The molecule has 0 saturated carbocycles. The molecule has 0 saturated heterocycles. The molecule has 0 aromatic carbocycles. The summed E-state index contributed by atoms with van der Waals surface area (Å²) < 4.78 is 68.5. The van der Waals surface area contributed by atoms with E-state index in [0.29, 0.717) is 25.7 Å². The lowest BCUT2D eigenvalue weighted by Gasteiger charge is -2.21. The zero-order valence-corrected chi connectivity index (χ0v) is 65.3. The van der Waals surface area contributed by atoms with Crippen molar-refractivity contribution in [3.63, 3.8) is 0 Å². The Kier molecular flexibility index (Phi) is 70.5.